The van der Waals surface area contributed by atoms with E-state index >= 15 is 0 Å². The van der Waals surface area contributed by atoms with Crippen LogP contribution in [-0.2, 0) is 20.9 Å². The SMILES string of the molecule is Cc1cc(S(=O)[O-])c(C)c(S(C)(=O)=O)c1.[Na+]. The van der Waals surface area contributed by atoms with Gasteiger partial charge in [-0.25, -0.2) is 8.42 Å². The minimum absolute atomic E-state index is 0. The molecule has 0 spiro atoms. The Labute approximate surface area is 120 Å². The second kappa shape index (κ2) is 5.75. The molecule has 84 valence electrons. The molecule has 1 aromatic rings. The fourth-order valence-corrected chi connectivity index (χ4v) is 3.12. The van der Waals surface area contributed by atoms with Gasteiger partial charge < -0.3 is 4.55 Å². The first-order valence-electron chi connectivity index (χ1n) is 4.14. The maximum absolute atomic E-state index is 11.4. The average Bonchev–Trinajstić information content (AvgIpc) is 2.06. The fourth-order valence-electron chi connectivity index (χ4n) is 1.35. The molecule has 4 nitrogen and oxygen atoms in total. The molecule has 0 saturated heterocycles. The Morgan fingerprint density at radius 1 is 1.25 bits per heavy atom. The third-order valence-corrected chi connectivity index (χ3v) is 4.04. The van der Waals surface area contributed by atoms with Crippen molar-refractivity contribution < 1.29 is 46.7 Å². The molecule has 7 heteroatoms. The molecule has 0 aromatic heterocycles. The third kappa shape index (κ3) is 3.65. The van der Waals surface area contributed by atoms with Crippen LogP contribution in [0.1, 0.15) is 11.1 Å². The molecule has 0 heterocycles. The Morgan fingerprint density at radius 2 is 1.75 bits per heavy atom. The van der Waals surface area contributed by atoms with Gasteiger partial charge in [-0.05, 0) is 48.2 Å². The molecular formula is C9H11NaO4S2. The smallest absolute Gasteiger partial charge is 0.768 e. The van der Waals surface area contributed by atoms with E-state index in [0.29, 0.717) is 5.56 Å². The molecule has 0 amide bonds. The summed E-state index contributed by atoms with van der Waals surface area (Å²) in [4.78, 5) is 0.108. The van der Waals surface area contributed by atoms with Crippen molar-refractivity contribution in [2.45, 2.75) is 23.6 Å². The molecule has 0 N–H and O–H groups in total. The molecule has 1 aromatic carbocycles. The topological polar surface area (TPSA) is 74.3 Å². The van der Waals surface area contributed by atoms with Gasteiger partial charge in [0.25, 0.3) is 0 Å². The van der Waals surface area contributed by atoms with Crippen molar-refractivity contribution in [3.05, 3.63) is 23.3 Å². The van der Waals surface area contributed by atoms with E-state index in [0.717, 1.165) is 6.26 Å². The van der Waals surface area contributed by atoms with Gasteiger partial charge in [-0.3, -0.25) is 4.21 Å². The van der Waals surface area contributed by atoms with Gasteiger partial charge in [-0.1, -0.05) is 0 Å². The van der Waals surface area contributed by atoms with E-state index in [1.54, 1.807) is 6.92 Å². The molecule has 0 fully saturated rings. The van der Waals surface area contributed by atoms with Gasteiger partial charge in [0.05, 0.1) is 4.90 Å². The Morgan fingerprint density at radius 3 is 2.12 bits per heavy atom. The number of aryl methyl sites for hydroxylation is 1. The molecule has 1 rings (SSSR count). The number of benzene rings is 1. The third-order valence-electron chi connectivity index (χ3n) is 2.04. The Bertz CT molecular complexity index is 523. The Hall–Kier alpha value is 0.280. The molecule has 16 heavy (non-hydrogen) atoms. The zero-order chi connectivity index (χ0) is 11.8. The van der Waals surface area contributed by atoms with Crippen LogP contribution in [0, 0.1) is 13.8 Å². The van der Waals surface area contributed by atoms with Crippen molar-refractivity contribution in [1.82, 2.24) is 0 Å². The summed E-state index contributed by atoms with van der Waals surface area (Å²) in [5.74, 6) is 0. The van der Waals surface area contributed by atoms with Crippen LogP contribution >= 0.6 is 0 Å². The van der Waals surface area contributed by atoms with Crippen molar-refractivity contribution in [3.8, 4) is 0 Å². The predicted octanol–water partition coefficient (Wildman–Crippen LogP) is -2.05. The zero-order valence-corrected chi connectivity index (χ0v) is 13.2. The van der Waals surface area contributed by atoms with Gasteiger partial charge in [0.1, 0.15) is 0 Å². The monoisotopic (exact) mass is 270 g/mol. The van der Waals surface area contributed by atoms with E-state index in [-0.39, 0.29) is 44.9 Å². The normalized spacial score (nSPS) is 13.0. The van der Waals surface area contributed by atoms with E-state index in [4.69, 9.17) is 0 Å². The molecule has 1 unspecified atom stereocenters. The summed E-state index contributed by atoms with van der Waals surface area (Å²) in [6.07, 6.45) is 1.06. The Balaban J connectivity index is 0.00000225. The molecule has 1 atom stereocenters. The summed E-state index contributed by atoms with van der Waals surface area (Å²) in [6.45, 7) is 3.14. The van der Waals surface area contributed by atoms with E-state index < -0.39 is 20.9 Å². The average molecular weight is 270 g/mol. The summed E-state index contributed by atoms with van der Waals surface area (Å²) >= 11 is -2.41. The van der Waals surface area contributed by atoms with Crippen LogP contribution in [0.3, 0.4) is 0 Å². The van der Waals surface area contributed by atoms with Crippen LogP contribution in [-0.4, -0.2) is 23.4 Å². The minimum atomic E-state index is -3.39. The van der Waals surface area contributed by atoms with Gasteiger partial charge in [0, 0.05) is 11.2 Å². The first-order valence-corrected chi connectivity index (χ1v) is 7.10. The largest absolute Gasteiger partial charge is 1.00 e. The van der Waals surface area contributed by atoms with Gasteiger partial charge in [0.15, 0.2) is 9.84 Å². The van der Waals surface area contributed by atoms with E-state index in [9.17, 15) is 17.2 Å². The van der Waals surface area contributed by atoms with Gasteiger partial charge in [-0.2, -0.15) is 0 Å². The van der Waals surface area contributed by atoms with Crippen LogP contribution in [0.25, 0.3) is 0 Å². The molecule has 0 bridgehead atoms. The maximum atomic E-state index is 11.4. The first kappa shape index (κ1) is 16.3. The predicted molar refractivity (Wildman–Crippen MR) is 56.2 cm³/mol. The number of sulfone groups is 1. The van der Waals surface area contributed by atoms with Gasteiger partial charge in [-0.15, -0.1) is 0 Å². The summed E-state index contributed by atoms with van der Waals surface area (Å²) < 4.78 is 44.5. The van der Waals surface area contributed by atoms with Crippen molar-refractivity contribution >= 4 is 20.9 Å². The molecule has 0 saturated carbocycles. The van der Waals surface area contributed by atoms with Gasteiger partial charge >= 0.3 is 29.6 Å². The number of rotatable bonds is 2. The Kier molecular flexibility index (Phi) is 5.85. The molecule has 0 aliphatic carbocycles. The van der Waals surface area contributed by atoms with Crippen molar-refractivity contribution in [3.63, 3.8) is 0 Å². The number of hydrogen-bond donors (Lipinski definition) is 0. The van der Waals surface area contributed by atoms with Crippen molar-refractivity contribution in [2.24, 2.45) is 0 Å². The van der Waals surface area contributed by atoms with Crippen LogP contribution in [0.4, 0.5) is 0 Å². The van der Waals surface area contributed by atoms with Crippen LogP contribution in [0.2, 0.25) is 0 Å². The summed E-state index contributed by atoms with van der Waals surface area (Å²) in [5.41, 5.74) is 0.886. The summed E-state index contributed by atoms with van der Waals surface area (Å²) in [5, 5.41) is 0. The fraction of sp³-hybridized carbons (Fsp3) is 0.333. The van der Waals surface area contributed by atoms with Crippen LogP contribution in [0.15, 0.2) is 21.9 Å². The standard InChI is InChI=1S/C9H12O4S2.Na/c1-6-4-8(14(10)11)7(2)9(5-6)15(3,12)13;/h4-5H,1-3H3,(H,10,11);/q;+1/p-1. The van der Waals surface area contributed by atoms with E-state index in [1.807, 2.05) is 0 Å². The summed E-state index contributed by atoms with van der Waals surface area (Å²) in [6, 6.07) is 2.92. The second-order valence-corrected chi connectivity index (χ2v) is 6.29. The van der Waals surface area contributed by atoms with Crippen LogP contribution in [0.5, 0.6) is 0 Å². The molecule has 0 radical (unpaired) electrons. The van der Waals surface area contributed by atoms with Crippen LogP contribution < -0.4 is 29.6 Å². The van der Waals surface area contributed by atoms with Gasteiger partial charge in [0.2, 0.25) is 0 Å². The van der Waals surface area contributed by atoms with Crippen molar-refractivity contribution in [2.75, 3.05) is 6.26 Å². The number of hydrogen-bond acceptors (Lipinski definition) is 4. The molecule has 0 aliphatic heterocycles. The minimum Gasteiger partial charge on any atom is -0.768 e. The first-order chi connectivity index (χ1) is 6.73. The summed E-state index contributed by atoms with van der Waals surface area (Å²) in [7, 11) is -3.39. The van der Waals surface area contributed by atoms with E-state index in [2.05, 4.69) is 0 Å². The molecule has 0 aliphatic rings. The van der Waals surface area contributed by atoms with Crippen molar-refractivity contribution in [1.29, 1.82) is 0 Å². The zero-order valence-electron chi connectivity index (χ0n) is 9.60. The maximum Gasteiger partial charge on any atom is 1.00 e. The molecular weight excluding hydrogens is 259 g/mol. The van der Waals surface area contributed by atoms with E-state index in [1.165, 1.54) is 19.1 Å². The second-order valence-electron chi connectivity index (χ2n) is 3.39. The quantitative estimate of drug-likeness (QED) is 0.458.